The number of aliphatic hydroxyl groups is 1. The molecule has 110 valence electrons. The maximum atomic E-state index is 10.00. The molecule has 1 fully saturated rings. The lowest BCUT2D eigenvalue weighted by atomic mass is 9.87. The van der Waals surface area contributed by atoms with Crippen molar-refractivity contribution in [2.45, 2.75) is 51.2 Å². The standard InChI is InChI=1S/C17H25NO2/c19-17-12-18-11-14-6-7-15(10-16(14)17)20-9-8-13-4-2-1-3-5-13/h6-7,10,13,17-19H,1-5,8-9,11-12H2. The van der Waals surface area contributed by atoms with E-state index in [9.17, 15) is 5.11 Å². The minimum absolute atomic E-state index is 0.402. The zero-order valence-electron chi connectivity index (χ0n) is 12.1. The smallest absolute Gasteiger partial charge is 0.119 e. The quantitative estimate of drug-likeness (QED) is 0.887. The highest BCUT2D eigenvalue weighted by molar-refractivity contribution is 5.38. The van der Waals surface area contributed by atoms with Crippen molar-refractivity contribution in [1.29, 1.82) is 0 Å². The summed E-state index contributed by atoms with van der Waals surface area (Å²) in [4.78, 5) is 0. The summed E-state index contributed by atoms with van der Waals surface area (Å²) in [5.41, 5.74) is 2.21. The lowest BCUT2D eigenvalue weighted by Crippen LogP contribution is -2.27. The minimum Gasteiger partial charge on any atom is -0.494 e. The van der Waals surface area contributed by atoms with E-state index in [-0.39, 0.29) is 0 Å². The highest BCUT2D eigenvalue weighted by atomic mass is 16.5. The van der Waals surface area contributed by atoms with E-state index >= 15 is 0 Å². The second-order valence-corrected chi connectivity index (χ2v) is 6.15. The average molecular weight is 275 g/mol. The fraction of sp³-hybridized carbons (Fsp3) is 0.647. The van der Waals surface area contributed by atoms with Crippen LogP contribution >= 0.6 is 0 Å². The Labute approximate surface area is 121 Å². The lowest BCUT2D eigenvalue weighted by Gasteiger charge is -2.24. The third-order valence-corrected chi connectivity index (χ3v) is 4.65. The van der Waals surface area contributed by atoms with Crippen molar-refractivity contribution in [3.63, 3.8) is 0 Å². The van der Waals surface area contributed by atoms with Crippen LogP contribution in [0.15, 0.2) is 18.2 Å². The van der Waals surface area contributed by atoms with Crippen molar-refractivity contribution in [2.75, 3.05) is 13.2 Å². The Hall–Kier alpha value is -1.06. The van der Waals surface area contributed by atoms with Gasteiger partial charge >= 0.3 is 0 Å². The van der Waals surface area contributed by atoms with E-state index in [1.807, 2.05) is 12.1 Å². The van der Waals surface area contributed by atoms with Crippen LogP contribution in [0.5, 0.6) is 5.75 Å². The van der Waals surface area contributed by atoms with Crippen LogP contribution in [0.4, 0.5) is 0 Å². The monoisotopic (exact) mass is 275 g/mol. The second kappa shape index (κ2) is 6.59. The summed E-state index contributed by atoms with van der Waals surface area (Å²) in [5.74, 6) is 1.76. The lowest BCUT2D eigenvalue weighted by molar-refractivity contribution is 0.164. The molecular formula is C17H25NO2. The molecule has 0 spiro atoms. The van der Waals surface area contributed by atoms with Gasteiger partial charge in [-0.1, -0.05) is 38.2 Å². The number of ether oxygens (including phenoxy) is 1. The van der Waals surface area contributed by atoms with E-state index in [0.29, 0.717) is 6.54 Å². The number of aliphatic hydroxyl groups excluding tert-OH is 1. The fourth-order valence-electron chi connectivity index (χ4n) is 3.41. The Morgan fingerprint density at radius 1 is 1.20 bits per heavy atom. The highest BCUT2D eigenvalue weighted by Gasteiger charge is 2.18. The summed E-state index contributed by atoms with van der Waals surface area (Å²) in [5, 5.41) is 13.2. The molecule has 0 bridgehead atoms. The Bertz CT molecular complexity index is 441. The van der Waals surface area contributed by atoms with E-state index in [0.717, 1.165) is 30.4 Å². The van der Waals surface area contributed by atoms with E-state index < -0.39 is 6.10 Å². The first-order valence-corrected chi connectivity index (χ1v) is 7.97. The van der Waals surface area contributed by atoms with Gasteiger partial charge in [-0.05, 0) is 35.6 Å². The van der Waals surface area contributed by atoms with Crippen molar-refractivity contribution < 1.29 is 9.84 Å². The minimum atomic E-state index is -0.402. The molecule has 3 rings (SSSR count). The molecule has 1 heterocycles. The summed E-state index contributed by atoms with van der Waals surface area (Å²) in [6, 6.07) is 6.11. The molecule has 3 heteroatoms. The number of nitrogens with one attached hydrogen (secondary N) is 1. The number of β-amino-alcohol motifs (C(OH)–C–C–N with tert-alkyl or cyclic N) is 1. The Morgan fingerprint density at radius 3 is 2.90 bits per heavy atom. The summed E-state index contributed by atoms with van der Waals surface area (Å²) in [6.07, 6.45) is 7.71. The Morgan fingerprint density at radius 2 is 2.05 bits per heavy atom. The van der Waals surface area contributed by atoms with Gasteiger partial charge in [-0.25, -0.2) is 0 Å². The molecule has 1 saturated carbocycles. The summed E-state index contributed by atoms with van der Waals surface area (Å²) in [6.45, 7) is 2.28. The Kier molecular flexibility index (Phi) is 4.58. The van der Waals surface area contributed by atoms with Crippen molar-refractivity contribution >= 4 is 0 Å². The molecule has 2 aliphatic rings. The van der Waals surface area contributed by atoms with Gasteiger partial charge in [0.25, 0.3) is 0 Å². The van der Waals surface area contributed by atoms with E-state index in [1.165, 1.54) is 44.1 Å². The van der Waals surface area contributed by atoms with Crippen molar-refractivity contribution in [1.82, 2.24) is 5.32 Å². The molecule has 0 amide bonds. The van der Waals surface area contributed by atoms with Gasteiger partial charge in [0.1, 0.15) is 5.75 Å². The summed E-state index contributed by atoms with van der Waals surface area (Å²) < 4.78 is 5.89. The first-order valence-electron chi connectivity index (χ1n) is 7.97. The van der Waals surface area contributed by atoms with Gasteiger partial charge in [0.2, 0.25) is 0 Å². The van der Waals surface area contributed by atoms with E-state index in [4.69, 9.17) is 4.74 Å². The van der Waals surface area contributed by atoms with Crippen molar-refractivity contribution in [3.05, 3.63) is 29.3 Å². The molecule has 1 atom stereocenters. The summed E-state index contributed by atoms with van der Waals surface area (Å²) in [7, 11) is 0. The molecule has 1 aromatic carbocycles. The molecule has 1 aromatic rings. The topological polar surface area (TPSA) is 41.5 Å². The van der Waals surface area contributed by atoms with Gasteiger partial charge in [0.05, 0.1) is 12.7 Å². The van der Waals surface area contributed by atoms with Crippen molar-refractivity contribution in [3.8, 4) is 5.75 Å². The number of hydrogen-bond acceptors (Lipinski definition) is 3. The van der Waals surface area contributed by atoms with Gasteiger partial charge in [0.15, 0.2) is 0 Å². The van der Waals surface area contributed by atoms with E-state index in [2.05, 4.69) is 11.4 Å². The van der Waals surface area contributed by atoms with Gasteiger partial charge in [-0.15, -0.1) is 0 Å². The number of benzene rings is 1. The van der Waals surface area contributed by atoms with Gasteiger partial charge < -0.3 is 15.2 Å². The molecule has 1 aliphatic heterocycles. The molecule has 0 saturated heterocycles. The van der Waals surface area contributed by atoms with Gasteiger partial charge in [-0.2, -0.15) is 0 Å². The molecular weight excluding hydrogens is 250 g/mol. The van der Waals surface area contributed by atoms with Crippen LogP contribution in [-0.4, -0.2) is 18.3 Å². The molecule has 20 heavy (non-hydrogen) atoms. The maximum Gasteiger partial charge on any atom is 0.119 e. The van der Waals surface area contributed by atoms with E-state index in [1.54, 1.807) is 0 Å². The van der Waals surface area contributed by atoms with Crippen LogP contribution in [0.25, 0.3) is 0 Å². The third-order valence-electron chi connectivity index (χ3n) is 4.65. The highest BCUT2D eigenvalue weighted by Crippen LogP contribution is 2.28. The largest absolute Gasteiger partial charge is 0.494 e. The second-order valence-electron chi connectivity index (χ2n) is 6.15. The number of fused-ring (bicyclic) bond motifs is 1. The van der Waals surface area contributed by atoms with Crippen LogP contribution in [0.1, 0.15) is 55.8 Å². The van der Waals surface area contributed by atoms with Crippen LogP contribution in [0.3, 0.4) is 0 Å². The van der Waals surface area contributed by atoms with Crippen LogP contribution in [0, 0.1) is 5.92 Å². The number of rotatable bonds is 4. The predicted octanol–water partition coefficient (Wildman–Crippen LogP) is 3.17. The fourth-order valence-corrected chi connectivity index (χ4v) is 3.41. The molecule has 1 unspecified atom stereocenters. The molecule has 0 aromatic heterocycles. The number of hydrogen-bond donors (Lipinski definition) is 2. The third kappa shape index (κ3) is 3.33. The molecule has 2 N–H and O–H groups in total. The molecule has 3 nitrogen and oxygen atoms in total. The zero-order valence-corrected chi connectivity index (χ0v) is 12.1. The van der Waals surface area contributed by atoms with Gasteiger partial charge in [-0.3, -0.25) is 0 Å². The maximum absolute atomic E-state index is 10.00. The van der Waals surface area contributed by atoms with Gasteiger partial charge in [0, 0.05) is 13.1 Å². The SMILES string of the molecule is OC1CNCc2ccc(OCCC3CCCCC3)cc21. The first kappa shape index (κ1) is 13.9. The normalized spacial score (nSPS) is 23.4. The zero-order chi connectivity index (χ0) is 13.8. The Balaban J connectivity index is 1.53. The summed E-state index contributed by atoms with van der Waals surface area (Å²) >= 11 is 0. The van der Waals surface area contributed by atoms with Crippen LogP contribution in [0.2, 0.25) is 0 Å². The first-order chi connectivity index (χ1) is 9.83. The van der Waals surface area contributed by atoms with Crippen LogP contribution < -0.4 is 10.1 Å². The van der Waals surface area contributed by atoms with Crippen molar-refractivity contribution in [2.24, 2.45) is 5.92 Å². The predicted molar refractivity (Wildman–Crippen MR) is 79.8 cm³/mol. The molecule has 0 radical (unpaired) electrons. The average Bonchev–Trinajstić information content (AvgIpc) is 2.49. The molecule has 1 aliphatic carbocycles. The van der Waals surface area contributed by atoms with Crippen LogP contribution in [-0.2, 0) is 6.54 Å².